The molecule has 128 heavy (non-hydrogen) atoms. The third-order valence-corrected chi connectivity index (χ3v) is 24.4. The van der Waals surface area contributed by atoms with Gasteiger partial charge in [-0.2, -0.15) is 0 Å². The number of anilines is 2. The first kappa shape index (κ1) is 105. The minimum atomic E-state index is -1.20. The first-order chi connectivity index (χ1) is 60.4. The summed E-state index contributed by atoms with van der Waals surface area (Å²) in [5.74, 6) is -15.3. The average Bonchev–Trinajstić information content (AvgIpc) is 1.59. The molecule has 0 spiro atoms. The molecular formula is C89H125N15O22S2. The number of carbonyl (C=O) groups is 17. The number of phenols is 2. The van der Waals surface area contributed by atoms with Gasteiger partial charge in [0.15, 0.2) is 12.2 Å². The van der Waals surface area contributed by atoms with Crippen LogP contribution in [0.15, 0.2) is 71.5 Å². The highest BCUT2D eigenvalue weighted by molar-refractivity contribution is 7.10. The lowest BCUT2D eigenvalue weighted by Crippen LogP contribution is -2.54. The molecule has 6 rings (SSSR count). The first-order valence-corrected chi connectivity index (χ1v) is 45.0. The van der Waals surface area contributed by atoms with E-state index in [4.69, 9.17) is 15.2 Å². The van der Waals surface area contributed by atoms with Crippen molar-refractivity contribution < 1.29 is 106 Å². The lowest BCUT2D eigenvalue weighted by atomic mass is 9.93. The predicted molar refractivity (Wildman–Crippen MR) is 475 cm³/mol. The summed E-state index contributed by atoms with van der Waals surface area (Å²) in [7, 11) is 5.18. The lowest BCUT2D eigenvalue weighted by molar-refractivity contribution is -0.166. The van der Waals surface area contributed by atoms with Crippen molar-refractivity contribution in [1.29, 1.82) is 0 Å². The average molecular weight is 1820 g/mol. The number of nitrogens with one attached hydrogen (secondary N) is 6. The molecule has 39 heteroatoms. The van der Waals surface area contributed by atoms with E-state index in [-0.39, 0.29) is 125 Å². The second-order valence-corrected chi connectivity index (χ2v) is 35.1. The fraction of sp³-hybridized carbons (Fsp3) is 0.562. The molecule has 4 aromatic rings. The largest absolute Gasteiger partial charge is 0.506 e. The molecule has 2 aromatic heterocycles. The molecule has 0 aliphatic carbocycles. The number of thiazole rings is 2. The number of nitrogens with zero attached hydrogens (tertiary/aromatic N) is 8. The molecule has 37 nitrogen and oxygen atoms in total. The Morgan fingerprint density at radius 2 is 0.961 bits per heavy atom. The lowest BCUT2D eigenvalue weighted by Gasteiger charge is -2.37. The number of hydrogen-bond acceptors (Lipinski definition) is 26. The molecule has 0 bridgehead atoms. The van der Waals surface area contributed by atoms with Gasteiger partial charge in [0.1, 0.15) is 38.9 Å². The highest BCUT2D eigenvalue weighted by atomic mass is 32.1. The SMILES string of the molecule is CC[C@H](C)CC(=O)N(C)[C@H](C[C@@H](OC(C)=O)c1nc(C(=O)N[C@@H](Cc2ccc(O)c(NC(=O)CCN(C(=O)CCN3C(=O)C=CC3=O)N(CCC(=O)Nc3cc(C[C@@H](CC(C)C(=O)O)NC(=O)c4csc([C@@H](C[C@H](C(C)C)N(C)C(=O)[C@@H](NC(=O)CCCCCNC)[C@@H](C)CC)OC(C)=O)n4)ccc3O)C(=O)CCN3C(=O)C=CC3=O)c2)CC(C)C(N)=O)cs1)C(C)C. The van der Waals surface area contributed by atoms with Crippen LogP contribution >= 0.6 is 22.7 Å². The maximum atomic E-state index is 14.7. The van der Waals surface area contributed by atoms with Gasteiger partial charge in [0.05, 0.1) is 30.4 Å². The third-order valence-electron chi connectivity index (χ3n) is 22.6. The number of carboxylic acids is 1. The standard InChI is InChI=1S/C89H125N15O22S2/c1-16-52(7)39-81(118)99(14)66(50(3)4)46-70(125-56(11)105)86-96-64(48-127-86)84(120)92-60(40-54(9)83(90)119)42-58-22-24-68(107)62(44-58)94-73(110)30-37-103(79(116)32-35-101-75(112)26-27-76(101)113)104(80(117)33-36-102-77(114)28-29-78(102)115)38-31-74(111)95-63-45-59(23-25-69(63)108)43-61(41-55(10)89(123)124)93-85(121)65-49-128-87(97-65)71(126-57(12)106)47-67(51(5)6)100(15)88(122)82(53(8)17-2)98-72(109)21-19-18-20-34-91-13/h22-29,44-45,48-55,60-61,66-67,70-71,82,91,107-108H,16-21,30-43,46-47H2,1-15H3,(H2,90,119)(H,92,120)(H,93,121)(H,94,110)(H,95,111)(H,98,109)(H,123,124)/t52-,53-,54?,55?,60+,61+,66+,67+,70+,71+,82-/m0/s1. The van der Waals surface area contributed by atoms with Crippen LogP contribution in [0.4, 0.5) is 11.4 Å². The zero-order valence-electron chi connectivity index (χ0n) is 75.6. The van der Waals surface area contributed by atoms with E-state index in [0.29, 0.717) is 30.4 Å². The number of aromatic hydroxyl groups is 2. The summed E-state index contributed by atoms with van der Waals surface area (Å²) in [4.78, 5) is 243. The number of likely N-dealkylation sites (N-methyl/N-ethyl adjacent to an activating group) is 1. The highest BCUT2D eigenvalue weighted by Crippen LogP contribution is 2.35. The Labute approximate surface area is 753 Å². The number of hydrogen-bond donors (Lipinski definition) is 10. The summed E-state index contributed by atoms with van der Waals surface area (Å²) in [6.45, 7) is 19.2. The number of hydrazine groups is 1. The van der Waals surface area contributed by atoms with Crippen molar-refractivity contribution in [3.05, 3.63) is 104 Å². The normalized spacial score (nSPS) is 15.1. The van der Waals surface area contributed by atoms with E-state index in [1.54, 1.807) is 30.8 Å². The summed E-state index contributed by atoms with van der Waals surface area (Å²) >= 11 is 2.07. The topological polar surface area (TPSA) is 513 Å². The third kappa shape index (κ3) is 32.2. The second-order valence-electron chi connectivity index (χ2n) is 33.4. The van der Waals surface area contributed by atoms with E-state index in [1.807, 2.05) is 62.4 Å². The second kappa shape index (κ2) is 50.6. The van der Waals surface area contributed by atoms with Gasteiger partial charge in [-0.25, -0.2) is 9.97 Å². The zero-order chi connectivity index (χ0) is 95.1. The monoisotopic (exact) mass is 1820 g/mol. The van der Waals surface area contributed by atoms with Crippen LogP contribution in [0.3, 0.4) is 0 Å². The summed E-state index contributed by atoms with van der Waals surface area (Å²) in [5.41, 5.74) is 5.86. The Morgan fingerprint density at radius 3 is 1.35 bits per heavy atom. The first-order valence-electron chi connectivity index (χ1n) is 43.2. The Morgan fingerprint density at radius 1 is 0.531 bits per heavy atom. The van der Waals surface area contributed by atoms with Crippen molar-refractivity contribution in [1.82, 2.24) is 60.9 Å². The van der Waals surface area contributed by atoms with Crippen LogP contribution in [0, 0.1) is 35.5 Å². The van der Waals surface area contributed by atoms with Crippen LogP contribution in [-0.4, -0.2) is 240 Å². The van der Waals surface area contributed by atoms with Gasteiger partial charge in [-0.1, -0.05) is 101 Å². The molecule has 2 aliphatic heterocycles. The Balaban J connectivity index is 1.23. The molecule has 4 heterocycles. The molecule has 2 unspecified atom stereocenters. The minimum absolute atomic E-state index is 0.0161. The van der Waals surface area contributed by atoms with E-state index in [9.17, 15) is 96.8 Å². The number of esters is 2. The molecule has 0 fully saturated rings. The number of unbranched alkanes of at least 4 members (excludes halogenated alkanes) is 2. The Bertz CT molecular complexity index is 4600. The maximum absolute atomic E-state index is 14.7. The molecule has 14 amide bonds. The van der Waals surface area contributed by atoms with Gasteiger partial charge in [-0.15, -0.1) is 22.7 Å². The zero-order valence-corrected chi connectivity index (χ0v) is 77.2. The number of benzene rings is 2. The van der Waals surface area contributed by atoms with Crippen molar-refractivity contribution in [2.75, 3.05) is 64.5 Å². The molecule has 0 radical (unpaired) electrons. The molecule has 11 N–H and O–H groups in total. The van der Waals surface area contributed by atoms with Gasteiger partial charge in [0, 0.05) is 158 Å². The fourth-order valence-electron chi connectivity index (χ4n) is 14.7. The number of nitrogens with two attached hydrogens (primary N) is 1. The highest BCUT2D eigenvalue weighted by Gasteiger charge is 2.39. The van der Waals surface area contributed by atoms with Crippen LogP contribution in [0.1, 0.15) is 234 Å². The van der Waals surface area contributed by atoms with Gasteiger partial charge in [0.2, 0.25) is 47.3 Å². The van der Waals surface area contributed by atoms with Gasteiger partial charge >= 0.3 is 17.9 Å². The number of amides is 14. The van der Waals surface area contributed by atoms with Crippen molar-refractivity contribution in [2.24, 2.45) is 41.2 Å². The van der Waals surface area contributed by atoms with Crippen LogP contribution in [0.5, 0.6) is 11.5 Å². The van der Waals surface area contributed by atoms with Gasteiger partial charge in [0.25, 0.3) is 35.4 Å². The predicted octanol–water partition coefficient (Wildman–Crippen LogP) is 7.58. The molecule has 11 atom stereocenters. The molecule has 2 aromatic carbocycles. The molecule has 2 aliphatic rings. The van der Waals surface area contributed by atoms with E-state index < -0.39 is 194 Å². The van der Waals surface area contributed by atoms with Gasteiger partial charge in [-0.05, 0) is 111 Å². The van der Waals surface area contributed by atoms with Crippen molar-refractivity contribution in [2.45, 2.75) is 235 Å². The van der Waals surface area contributed by atoms with E-state index in [1.165, 1.54) is 67.9 Å². The van der Waals surface area contributed by atoms with Crippen LogP contribution in [-0.2, 0) is 94.2 Å². The number of carboxylic acid groups (broad SMARTS) is 1. The Kier molecular flexibility index (Phi) is 41.5. The van der Waals surface area contributed by atoms with Crippen molar-refractivity contribution >= 4 is 135 Å². The number of phenolic OH excluding ortho intramolecular Hbond substituents is 2. The number of ether oxygens (including phenoxy) is 2. The van der Waals surface area contributed by atoms with Crippen LogP contribution < -0.4 is 37.6 Å². The summed E-state index contributed by atoms with van der Waals surface area (Å²) in [6, 6.07) is 4.46. The van der Waals surface area contributed by atoms with E-state index in [2.05, 4.69) is 41.9 Å². The number of imide groups is 2. The summed E-state index contributed by atoms with van der Waals surface area (Å²) in [5, 5.41) is 54.6. The molecule has 0 saturated heterocycles. The number of carbonyl (C=O) groups excluding carboxylic acids is 16. The number of aromatic nitrogens is 2. The number of aliphatic carboxylic acids is 1. The molecule has 0 saturated carbocycles. The van der Waals surface area contributed by atoms with Crippen LogP contribution in [0.25, 0.3) is 0 Å². The van der Waals surface area contributed by atoms with E-state index >= 15 is 0 Å². The van der Waals surface area contributed by atoms with Gasteiger partial charge in [-0.3, -0.25) is 101 Å². The summed E-state index contributed by atoms with van der Waals surface area (Å²) < 4.78 is 11.6. The number of primary amides is 1. The van der Waals surface area contributed by atoms with Crippen LogP contribution in [0.2, 0.25) is 0 Å². The van der Waals surface area contributed by atoms with E-state index in [0.717, 1.165) is 92.6 Å². The molecule has 700 valence electrons. The fourth-order valence-corrected chi connectivity index (χ4v) is 16.3. The quantitative estimate of drug-likeness (QED) is 0.00669. The Hall–Kier alpha value is -11.9. The minimum Gasteiger partial charge on any atom is -0.506 e. The number of rotatable bonds is 53. The maximum Gasteiger partial charge on any atom is 0.306 e. The van der Waals surface area contributed by atoms with Crippen molar-refractivity contribution in [3.63, 3.8) is 0 Å². The smallest absolute Gasteiger partial charge is 0.306 e. The molecular weight excluding hydrogens is 1700 g/mol. The van der Waals surface area contributed by atoms with Crippen molar-refractivity contribution in [3.8, 4) is 11.5 Å². The van der Waals surface area contributed by atoms with Gasteiger partial charge < -0.3 is 72.2 Å². The summed E-state index contributed by atoms with van der Waals surface area (Å²) in [6.07, 6.45) is 3.34.